The molecule has 0 aromatic carbocycles. The van der Waals surface area contributed by atoms with Crippen molar-refractivity contribution in [1.82, 2.24) is 10.6 Å². The Morgan fingerprint density at radius 1 is 1.23 bits per heavy atom. The zero-order valence-electron chi connectivity index (χ0n) is 17.2. The maximum absolute atomic E-state index is 12.8. The fourth-order valence-corrected chi connectivity index (χ4v) is 4.50. The molecule has 1 saturated carbocycles. The highest BCUT2D eigenvalue weighted by Crippen LogP contribution is 2.55. The van der Waals surface area contributed by atoms with Crippen molar-refractivity contribution in [1.29, 1.82) is 0 Å². The summed E-state index contributed by atoms with van der Waals surface area (Å²) in [4.78, 5) is 22.0. The van der Waals surface area contributed by atoms with Crippen LogP contribution in [0.2, 0.25) is 0 Å². The van der Waals surface area contributed by atoms with Crippen LogP contribution in [-0.2, 0) is 13.9 Å². The minimum Gasteiger partial charge on any atom is -0.354 e. The fourth-order valence-electron chi connectivity index (χ4n) is 3.33. The van der Waals surface area contributed by atoms with E-state index < -0.39 is 12.9 Å². The van der Waals surface area contributed by atoms with Gasteiger partial charge < -0.3 is 20.1 Å². The van der Waals surface area contributed by atoms with E-state index in [1.165, 1.54) is 12.8 Å². The van der Waals surface area contributed by atoms with E-state index in [4.69, 9.17) is 4.52 Å². The highest BCUT2D eigenvalue weighted by atomic mass is 31.2. The van der Waals surface area contributed by atoms with Crippen LogP contribution in [0.1, 0.15) is 86.0 Å². The molecule has 6 nitrogen and oxygen atoms in total. The second-order valence-corrected chi connectivity index (χ2v) is 10.7. The third-order valence-electron chi connectivity index (χ3n) is 5.17. The zero-order valence-corrected chi connectivity index (χ0v) is 18.1. The first-order valence-corrected chi connectivity index (χ1v) is 11.7. The Hall–Kier alpha value is -0.420. The summed E-state index contributed by atoms with van der Waals surface area (Å²) in [7, 11) is -3.78. The summed E-state index contributed by atoms with van der Waals surface area (Å²) in [6.45, 7) is 9.97. The van der Waals surface area contributed by atoms with Gasteiger partial charge in [0.25, 0.3) is 0 Å². The van der Waals surface area contributed by atoms with Gasteiger partial charge in [-0.3, -0.25) is 9.36 Å². The molecule has 3 N–H and O–H groups in total. The molecule has 0 saturated heterocycles. The van der Waals surface area contributed by atoms with Crippen LogP contribution in [-0.4, -0.2) is 34.8 Å². The van der Waals surface area contributed by atoms with Crippen molar-refractivity contribution < 1.29 is 18.8 Å². The maximum atomic E-state index is 12.8. The first-order valence-electron chi connectivity index (χ1n) is 10.1. The van der Waals surface area contributed by atoms with Crippen LogP contribution in [0.4, 0.5) is 0 Å². The predicted molar refractivity (Wildman–Crippen MR) is 106 cm³/mol. The van der Waals surface area contributed by atoms with Crippen molar-refractivity contribution in [2.24, 2.45) is 5.92 Å². The minimum atomic E-state index is -3.78. The molecule has 1 fully saturated rings. The van der Waals surface area contributed by atoms with Crippen molar-refractivity contribution in [3.8, 4) is 0 Å². The lowest BCUT2D eigenvalue weighted by molar-refractivity contribution is -0.121. The molecule has 0 spiro atoms. The van der Waals surface area contributed by atoms with E-state index in [1.807, 2.05) is 13.8 Å². The molecule has 0 heterocycles. The first kappa shape index (κ1) is 23.6. The molecule has 0 bridgehead atoms. The van der Waals surface area contributed by atoms with Crippen LogP contribution in [0.25, 0.3) is 0 Å². The van der Waals surface area contributed by atoms with E-state index in [0.29, 0.717) is 13.0 Å². The summed E-state index contributed by atoms with van der Waals surface area (Å²) in [5.74, 6) is 0.314. The van der Waals surface area contributed by atoms with Gasteiger partial charge in [0.2, 0.25) is 5.91 Å². The van der Waals surface area contributed by atoms with Gasteiger partial charge >= 0.3 is 7.60 Å². The average molecular weight is 391 g/mol. The molecule has 3 atom stereocenters. The third kappa shape index (κ3) is 8.08. The molecule has 1 aliphatic rings. The zero-order chi connectivity index (χ0) is 19.8. The lowest BCUT2D eigenvalue weighted by atomic mass is 10.0. The SMILES string of the molecule is CCC(=O)NC(C)CC(C)CNC(C)(C)P(=O)(O)OC1CCCCCC1. The van der Waals surface area contributed by atoms with Crippen molar-refractivity contribution in [2.45, 2.75) is 103 Å². The molecule has 1 rings (SSSR count). The summed E-state index contributed by atoms with van der Waals surface area (Å²) >= 11 is 0. The molecular weight excluding hydrogens is 351 g/mol. The van der Waals surface area contributed by atoms with Gasteiger partial charge in [-0.2, -0.15) is 0 Å². The number of hydrogen-bond donors (Lipinski definition) is 3. The van der Waals surface area contributed by atoms with Gasteiger partial charge in [0.1, 0.15) is 5.28 Å². The van der Waals surface area contributed by atoms with Crippen LogP contribution in [0.3, 0.4) is 0 Å². The smallest absolute Gasteiger partial charge is 0.347 e. The Bertz CT molecular complexity index is 476. The van der Waals surface area contributed by atoms with E-state index in [2.05, 4.69) is 17.6 Å². The monoisotopic (exact) mass is 390 g/mol. The largest absolute Gasteiger partial charge is 0.354 e. The van der Waals surface area contributed by atoms with Crippen LogP contribution in [0.5, 0.6) is 0 Å². The molecule has 0 aliphatic heterocycles. The summed E-state index contributed by atoms with van der Waals surface area (Å²) in [5.41, 5.74) is 0. The van der Waals surface area contributed by atoms with Crippen LogP contribution < -0.4 is 10.6 Å². The van der Waals surface area contributed by atoms with Gasteiger partial charge in [-0.15, -0.1) is 0 Å². The Morgan fingerprint density at radius 2 is 1.81 bits per heavy atom. The predicted octanol–water partition coefficient (Wildman–Crippen LogP) is 4.18. The van der Waals surface area contributed by atoms with E-state index in [0.717, 1.165) is 32.1 Å². The van der Waals surface area contributed by atoms with Crippen LogP contribution in [0, 0.1) is 5.92 Å². The topological polar surface area (TPSA) is 87.7 Å². The Balaban J connectivity index is 2.49. The van der Waals surface area contributed by atoms with Gasteiger partial charge in [-0.25, -0.2) is 0 Å². The summed E-state index contributed by atoms with van der Waals surface area (Å²) in [6, 6.07) is 0.0885. The number of hydrogen-bond acceptors (Lipinski definition) is 4. The first-order chi connectivity index (χ1) is 12.1. The molecule has 0 radical (unpaired) electrons. The molecule has 1 amide bonds. The van der Waals surface area contributed by atoms with Crippen molar-refractivity contribution in [2.75, 3.05) is 6.54 Å². The standard InChI is InChI=1S/C19H39N2O4P/c1-6-18(22)21-16(3)13-15(2)14-20-19(4,5)26(23,24)25-17-11-9-7-8-10-12-17/h15-17,20H,6-14H2,1-5H3,(H,21,22)(H,23,24). The van der Waals surface area contributed by atoms with E-state index >= 15 is 0 Å². The van der Waals surface area contributed by atoms with E-state index in [1.54, 1.807) is 13.8 Å². The molecule has 154 valence electrons. The van der Waals surface area contributed by atoms with Gasteiger partial charge in [0, 0.05) is 12.5 Å². The van der Waals surface area contributed by atoms with Gasteiger partial charge in [-0.1, -0.05) is 39.5 Å². The van der Waals surface area contributed by atoms with Gasteiger partial charge in [0.15, 0.2) is 0 Å². The highest BCUT2D eigenvalue weighted by molar-refractivity contribution is 7.54. The normalized spacial score (nSPS) is 21.5. The fraction of sp³-hybridized carbons (Fsp3) is 0.947. The second-order valence-electron chi connectivity index (χ2n) is 8.34. The maximum Gasteiger partial charge on any atom is 0.347 e. The number of amides is 1. The van der Waals surface area contributed by atoms with E-state index in [-0.39, 0.29) is 24.0 Å². The number of rotatable bonds is 10. The van der Waals surface area contributed by atoms with Crippen molar-refractivity contribution in [3.63, 3.8) is 0 Å². The van der Waals surface area contributed by atoms with Crippen molar-refractivity contribution >= 4 is 13.5 Å². The Labute approximate surface area is 159 Å². The van der Waals surface area contributed by atoms with E-state index in [9.17, 15) is 14.3 Å². The van der Waals surface area contributed by atoms with Crippen LogP contribution in [0.15, 0.2) is 0 Å². The summed E-state index contributed by atoms with van der Waals surface area (Å²) < 4.78 is 18.5. The molecule has 3 unspecified atom stereocenters. The molecule has 26 heavy (non-hydrogen) atoms. The molecular formula is C19H39N2O4P. The Morgan fingerprint density at radius 3 is 2.35 bits per heavy atom. The highest BCUT2D eigenvalue weighted by Gasteiger charge is 2.42. The second kappa shape index (κ2) is 10.8. The number of carbonyl (C=O) groups excluding carboxylic acids is 1. The number of carbonyl (C=O) groups is 1. The molecule has 0 aromatic rings. The lowest BCUT2D eigenvalue weighted by Crippen LogP contribution is -2.43. The average Bonchev–Trinajstić information content (AvgIpc) is 2.80. The third-order valence-corrected chi connectivity index (χ3v) is 7.32. The molecule has 0 aromatic heterocycles. The van der Waals surface area contributed by atoms with Gasteiger partial charge in [-0.05, 0) is 52.5 Å². The molecule has 7 heteroatoms. The van der Waals surface area contributed by atoms with Crippen LogP contribution >= 0.6 is 7.60 Å². The Kier molecular flexibility index (Phi) is 9.81. The minimum absolute atomic E-state index is 0.0506. The quantitative estimate of drug-likeness (QED) is 0.385. The number of nitrogens with one attached hydrogen (secondary N) is 2. The molecule has 1 aliphatic carbocycles. The van der Waals surface area contributed by atoms with Gasteiger partial charge in [0.05, 0.1) is 6.10 Å². The summed E-state index contributed by atoms with van der Waals surface area (Å²) in [5, 5.41) is 5.18. The summed E-state index contributed by atoms with van der Waals surface area (Å²) in [6.07, 6.45) is 7.41. The van der Waals surface area contributed by atoms with Crippen molar-refractivity contribution in [3.05, 3.63) is 0 Å². The lowest BCUT2D eigenvalue weighted by Gasteiger charge is -2.34.